The number of nitrogens with zero attached hydrogens (tertiary/aromatic N) is 3. The molecule has 0 amide bonds. The average Bonchev–Trinajstić information content (AvgIpc) is 2.41. The summed E-state index contributed by atoms with van der Waals surface area (Å²) in [5, 5.41) is 9.19. The summed E-state index contributed by atoms with van der Waals surface area (Å²) in [6, 6.07) is 5.62. The molecule has 1 aromatic rings. The summed E-state index contributed by atoms with van der Waals surface area (Å²) in [5.74, 6) is 0.789. The topological polar surface area (TPSA) is 39.9 Å². The van der Waals surface area contributed by atoms with E-state index in [9.17, 15) is 9.65 Å². The van der Waals surface area contributed by atoms with Gasteiger partial charge in [-0.25, -0.2) is 4.39 Å². The molecule has 2 rings (SSSR count). The molecule has 2 unspecified atom stereocenters. The minimum absolute atomic E-state index is 0.164. The van der Waals surface area contributed by atoms with Gasteiger partial charge in [0.2, 0.25) is 0 Å². The lowest BCUT2D eigenvalue weighted by molar-refractivity contribution is 0.107. The first-order chi connectivity index (χ1) is 9.10. The number of aromatic nitrogens is 1. The minimum Gasteiger partial charge on any atom is -0.297 e. The van der Waals surface area contributed by atoms with Crippen molar-refractivity contribution in [3.8, 4) is 6.07 Å². The first-order valence-electron chi connectivity index (χ1n) is 6.82. The lowest BCUT2D eigenvalue weighted by atomic mass is 9.79. The molecule has 2 heterocycles. The maximum atomic E-state index is 12.8. The van der Waals surface area contributed by atoms with Crippen LogP contribution in [0, 0.1) is 34.9 Å². The van der Waals surface area contributed by atoms with Crippen molar-refractivity contribution in [2.75, 3.05) is 13.1 Å². The van der Waals surface area contributed by atoms with Gasteiger partial charge < -0.3 is 0 Å². The third kappa shape index (κ3) is 3.51. The third-order valence-corrected chi connectivity index (χ3v) is 3.94. The molecule has 1 aliphatic heterocycles. The van der Waals surface area contributed by atoms with Crippen molar-refractivity contribution >= 4 is 0 Å². The largest absolute Gasteiger partial charge is 0.297 e. The second kappa shape index (κ2) is 6.12. The molecule has 1 aromatic heterocycles. The lowest BCUT2D eigenvalue weighted by Crippen LogP contribution is -2.41. The molecule has 0 saturated carbocycles. The molecule has 4 heteroatoms. The highest BCUT2D eigenvalue weighted by molar-refractivity contribution is 5.06. The monoisotopic (exact) mass is 261 g/mol. The van der Waals surface area contributed by atoms with Gasteiger partial charge in [-0.05, 0) is 36.9 Å². The number of hydrogen-bond donors (Lipinski definition) is 0. The molecule has 0 aliphatic carbocycles. The SMILES string of the molecule is CC(C)C1CN(Cc2ccc(F)cn2)CCC1C#N. The van der Waals surface area contributed by atoms with Gasteiger partial charge in [0.25, 0.3) is 0 Å². The van der Waals surface area contributed by atoms with Crippen molar-refractivity contribution in [2.45, 2.75) is 26.8 Å². The van der Waals surface area contributed by atoms with Gasteiger partial charge in [-0.3, -0.25) is 9.88 Å². The van der Waals surface area contributed by atoms with Gasteiger partial charge in [-0.15, -0.1) is 0 Å². The molecule has 0 radical (unpaired) electrons. The van der Waals surface area contributed by atoms with Crippen LogP contribution >= 0.6 is 0 Å². The summed E-state index contributed by atoms with van der Waals surface area (Å²) in [5.41, 5.74) is 0.888. The molecule has 2 atom stereocenters. The van der Waals surface area contributed by atoms with E-state index in [4.69, 9.17) is 0 Å². The van der Waals surface area contributed by atoms with E-state index in [1.54, 1.807) is 6.07 Å². The zero-order valence-electron chi connectivity index (χ0n) is 11.5. The maximum absolute atomic E-state index is 12.8. The van der Waals surface area contributed by atoms with Crippen LogP contribution in [0.1, 0.15) is 26.0 Å². The summed E-state index contributed by atoms with van der Waals surface area (Å²) in [4.78, 5) is 6.42. The molecule has 1 saturated heterocycles. The van der Waals surface area contributed by atoms with E-state index in [2.05, 4.69) is 29.8 Å². The van der Waals surface area contributed by atoms with Crippen LogP contribution in [0.3, 0.4) is 0 Å². The first-order valence-corrected chi connectivity index (χ1v) is 6.82. The molecule has 0 N–H and O–H groups in total. The number of likely N-dealkylation sites (tertiary alicyclic amines) is 1. The Kier molecular flexibility index (Phi) is 4.49. The predicted molar refractivity (Wildman–Crippen MR) is 71.5 cm³/mol. The number of rotatable bonds is 3. The number of nitriles is 1. The first kappa shape index (κ1) is 14.0. The second-order valence-electron chi connectivity index (χ2n) is 5.64. The molecule has 1 aliphatic rings. The fourth-order valence-electron chi connectivity index (χ4n) is 2.76. The normalized spacial score (nSPS) is 24.4. The van der Waals surface area contributed by atoms with Gasteiger partial charge in [0.15, 0.2) is 0 Å². The summed E-state index contributed by atoms with van der Waals surface area (Å²) < 4.78 is 12.8. The average molecular weight is 261 g/mol. The van der Waals surface area contributed by atoms with Crippen molar-refractivity contribution in [2.24, 2.45) is 17.8 Å². The molecule has 1 fully saturated rings. The van der Waals surface area contributed by atoms with Gasteiger partial charge in [-0.1, -0.05) is 13.8 Å². The van der Waals surface area contributed by atoms with E-state index in [0.29, 0.717) is 11.8 Å². The van der Waals surface area contributed by atoms with Crippen molar-refractivity contribution < 1.29 is 4.39 Å². The summed E-state index contributed by atoms with van der Waals surface area (Å²) >= 11 is 0. The van der Waals surface area contributed by atoms with Crippen LogP contribution in [-0.4, -0.2) is 23.0 Å². The fourth-order valence-corrected chi connectivity index (χ4v) is 2.76. The smallest absolute Gasteiger partial charge is 0.141 e. The quantitative estimate of drug-likeness (QED) is 0.840. The molecule has 0 bridgehead atoms. The van der Waals surface area contributed by atoms with E-state index in [1.165, 1.54) is 12.3 Å². The number of piperidine rings is 1. The Morgan fingerprint density at radius 1 is 1.53 bits per heavy atom. The van der Waals surface area contributed by atoms with Crippen LogP contribution in [0.25, 0.3) is 0 Å². The van der Waals surface area contributed by atoms with Crippen LogP contribution in [-0.2, 0) is 6.54 Å². The van der Waals surface area contributed by atoms with Gasteiger partial charge >= 0.3 is 0 Å². The van der Waals surface area contributed by atoms with Crippen molar-refractivity contribution in [3.63, 3.8) is 0 Å². The van der Waals surface area contributed by atoms with Crippen molar-refractivity contribution in [1.29, 1.82) is 5.26 Å². The Hall–Kier alpha value is -1.47. The van der Waals surface area contributed by atoms with Gasteiger partial charge in [0.05, 0.1) is 23.9 Å². The Morgan fingerprint density at radius 3 is 2.89 bits per heavy atom. The van der Waals surface area contributed by atoms with Crippen LogP contribution in [0.5, 0.6) is 0 Å². The van der Waals surface area contributed by atoms with Gasteiger partial charge in [0.1, 0.15) is 5.82 Å². The van der Waals surface area contributed by atoms with E-state index in [1.807, 2.05) is 0 Å². The Balaban J connectivity index is 1.99. The highest BCUT2D eigenvalue weighted by atomic mass is 19.1. The number of pyridine rings is 1. The van der Waals surface area contributed by atoms with Gasteiger partial charge in [-0.2, -0.15) is 5.26 Å². The number of hydrogen-bond acceptors (Lipinski definition) is 3. The van der Waals surface area contributed by atoms with Crippen molar-refractivity contribution in [1.82, 2.24) is 9.88 Å². The highest BCUT2D eigenvalue weighted by Crippen LogP contribution is 2.29. The van der Waals surface area contributed by atoms with Crippen LogP contribution < -0.4 is 0 Å². The summed E-state index contributed by atoms with van der Waals surface area (Å²) in [6.45, 7) is 6.93. The zero-order valence-corrected chi connectivity index (χ0v) is 11.5. The zero-order chi connectivity index (χ0) is 13.8. The Morgan fingerprint density at radius 2 is 2.32 bits per heavy atom. The van der Waals surface area contributed by atoms with Crippen LogP contribution in [0.4, 0.5) is 4.39 Å². The molecule has 3 nitrogen and oxygen atoms in total. The molecular formula is C15H20FN3. The van der Waals surface area contributed by atoms with E-state index >= 15 is 0 Å². The van der Waals surface area contributed by atoms with Gasteiger partial charge in [0, 0.05) is 13.1 Å². The molecule has 0 spiro atoms. The van der Waals surface area contributed by atoms with Crippen LogP contribution in [0.2, 0.25) is 0 Å². The highest BCUT2D eigenvalue weighted by Gasteiger charge is 2.31. The third-order valence-electron chi connectivity index (χ3n) is 3.94. The summed E-state index contributed by atoms with van der Waals surface area (Å²) in [6.07, 6.45) is 2.18. The number of halogens is 1. The second-order valence-corrected chi connectivity index (χ2v) is 5.64. The molecule has 19 heavy (non-hydrogen) atoms. The van der Waals surface area contributed by atoms with E-state index < -0.39 is 0 Å². The maximum Gasteiger partial charge on any atom is 0.141 e. The molecule has 102 valence electrons. The lowest BCUT2D eigenvalue weighted by Gasteiger charge is -2.37. The van der Waals surface area contributed by atoms with E-state index in [-0.39, 0.29) is 11.7 Å². The summed E-state index contributed by atoms with van der Waals surface area (Å²) in [7, 11) is 0. The Bertz CT molecular complexity index is 449. The predicted octanol–water partition coefficient (Wildman–Crippen LogP) is 2.84. The fraction of sp³-hybridized carbons (Fsp3) is 0.600. The van der Waals surface area contributed by atoms with Crippen LogP contribution in [0.15, 0.2) is 18.3 Å². The minimum atomic E-state index is -0.299. The van der Waals surface area contributed by atoms with Crippen molar-refractivity contribution in [3.05, 3.63) is 29.8 Å². The van der Waals surface area contributed by atoms with E-state index in [0.717, 1.165) is 31.7 Å². The Labute approximate surface area is 114 Å². The molecule has 0 aromatic carbocycles. The molecular weight excluding hydrogens is 241 g/mol. The standard InChI is InChI=1S/C15H20FN3/c1-11(2)15-10-19(6-5-12(15)7-17)9-14-4-3-13(16)8-18-14/h3-4,8,11-12,15H,5-6,9-10H2,1-2H3.